The van der Waals surface area contributed by atoms with Crippen LogP contribution < -0.4 is 15.4 Å². The Morgan fingerprint density at radius 3 is 2.33 bits per heavy atom. The number of hydrogen-bond acceptors (Lipinski definition) is 8. The Hall–Kier alpha value is -4.82. The Morgan fingerprint density at radius 1 is 0.905 bits per heavy atom. The van der Waals surface area contributed by atoms with Gasteiger partial charge in [-0.2, -0.15) is 0 Å². The van der Waals surface area contributed by atoms with Crippen molar-refractivity contribution in [3.8, 4) is 21.8 Å². The van der Waals surface area contributed by atoms with Gasteiger partial charge in [-0.25, -0.2) is 36.5 Å². The monoisotopic (exact) mass is 610 g/mol. The third-order valence-corrected chi connectivity index (χ3v) is 8.36. The molecule has 2 aromatic heterocycles. The molecule has 0 saturated carbocycles. The van der Waals surface area contributed by atoms with Gasteiger partial charge in [-0.3, -0.25) is 9.52 Å². The van der Waals surface area contributed by atoms with E-state index in [1.165, 1.54) is 25.4 Å². The van der Waals surface area contributed by atoms with Crippen LogP contribution in [0.15, 0.2) is 83.9 Å². The highest BCUT2D eigenvalue weighted by Crippen LogP contribution is 2.39. The minimum absolute atomic E-state index is 0.0823. The van der Waals surface area contributed by atoms with Crippen LogP contribution >= 0.6 is 11.3 Å². The van der Waals surface area contributed by atoms with Crippen molar-refractivity contribution < 1.29 is 26.4 Å². The first-order valence-corrected chi connectivity index (χ1v) is 14.6. The molecule has 5 aromatic rings. The summed E-state index contributed by atoms with van der Waals surface area (Å²) >= 11 is 1.10. The van der Waals surface area contributed by atoms with E-state index < -0.39 is 38.1 Å². The second-order valence-corrected chi connectivity index (χ2v) is 11.4. The second kappa shape index (κ2) is 12.0. The molecule has 214 valence electrons. The Labute approximate surface area is 242 Å². The molecule has 0 radical (unpaired) electrons. The third-order valence-electron chi connectivity index (χ3n) is 5.87. The smallest absolute Gasteiger partial charge is 0.267 e. The number of benzene rings is 3. The number of anilines is 3. The summed E-state index contributed by atoms with van der Waals surface area (Å²) in [4.78, 5) is 24.5. The van der Waals surface area contributed by atoms with E-state index in [1.54, 1.807) is 6.07 Å². The van der Waals surface area contributed by atoms with Crippen LogP contribution in [0.4, 0.5) is 30.5 Å². The lowest BCUT2D eigenvalue weighted by molar-refractivity contribution is -0.119. The van der Waals surface area contributed by atoms with Crippen molar-refractivity contribution >= 4 is 44.6 Å². The van der Waals surface area contributed by atoms with Gasteiger partial charge >= 0.3 is 0 Å². The van der Waals surface area contributed by atoms with Crippen LogP contribution in [0, 0.1) is 17.5 Å². The zero-order chi connectivity index (χ0) is 29.9. The van der Waals surface area contributed by atoms with Gasteiger partial charge in [-0.1, -0.05) is 30.3 Å². The third kappa shape index (κ3) is 6.09. The van der Waals surface area contributed by atoms with E-state index in [0.29, 0.717) is 15.6 Å². The fourth-order valence-corrected chi connectivity index (χ4v) is 6.19. The van der Waals surface area contributed by atoms with Crippen molar-refractivity contribution in [2.45, 2.75) is 11.3 Å². The van der Waals surface area contributed by atoms with Crippen LogP contribution in [0.5, 0.6) is 0 Å². The Morgan fingerprint density at radius 2 is 1.62 bits per heavy atom. The molecule has 0 unspecified atom stereocenters. The highest BCUT2D eigenvalue weighted by molar-refractivity contribution is 7.92. The first kappa shape index (κ1) is 28.7. The number of nitrogens with one attached hydrogen (secondary N) is 3. The quantitative estimate of drug-likeness (QED) is 0.201. The van der Waals surface area contributed by atoms with E-state index in [0.717, 1.165) is 41.3 Å². The minimum Gasteiger partial charge on any atom is -0.359 e. The molecule has 0 saturated heterocycles. The molecule has 0 aliphatic carbocycles. The number of rotatable bonds is 9. The van der Waals surface area contributed by atoms with E-state index in [4.69, 9.17) is 0 Å². The Balaban J connectivity index is 1.57. The normalized spacial score (nSPS) is 11.2. The maximum Gasteiger partial charge on any atom is 0.267 e. The van der Waals surface area contributed by atoms with Crippen LogP contribution in [0.25, 0.3) is 21.8 Å². The molecule has 9 nitrogen and oxygen atoms in total. The highest BCUT2D eigenvalue weighted by atomic mass is 32.2. The molecule has 0 aliphatic heterocycles. The number of thiazole rings is 1. The SMILES string of the molecule is CNC(=O)Cc1nc(-c2cccc(NS(=O)(=O)c3c(F)cccc3F)c2F)c(-c2ccnc(Nc3ccccc3)n2)s1. The summed E-state index contributed by atoms with van der Waals surface area (Å²) in [6.45, 7) is 0. The summed E-state index contributed by atoms with van der Waals surface area (Å²) in [6.07, 6.45) is 1.40. The summed E-state index contributed by atoms with van der Waals surface area (Å²) in [6, 6.07) is 17.2. The summed E-state index contributed by atoms with van der Waals surface area (Å²) in [7, 11) is -3.38. The maximum absolute atomic E-state index is 15.9. The lowest BCUT2D eigenvalue weighted by Gasteiger charge is -2.12. The molecule has 2 heterocycles. The molecule has 3 N–H and O–H groups in total. The number of aromatic nitrogens is 3. The number of likely N-dealkylation sites (N-methyl/N-ethyl adjacent to an activating group) is 1. The molecule has 5 rings (SSSR count). The molecule has 42 heavy (non-hydrogen) atoms. The fourth-order valence-electron chi connectivity index (χ4n) is 3.95. The first-order chi connectivity index (χ1) is 20.2. The number of para-hydroxylation sites is 1. The molecule has 0 atom stereocenters. The lowest BCUT2D eigenvalue weighted by atomic mass is 10.1. The van der Waals surface area contributed by atoms with Gasteiger partial charge in [0.05, 0.1) is 28.4 Å². The Bertz CT molecular complexity index is 1870. The van der Waals surface area contributed by atoms with Crippen LogP contribution in [0.1, 0.15) is 5.01 Å². The van der Waals surface area contributed by atoms with E-state index >= 15 is 4.39 Å². The van der Waals surface area contributed by atoms with Crippen molar-refractivity contribution in [3.63, 3.8) is 0 Å². The molecule has 0 spiro atoms. The van der Waals surface area contributed by atoms with Crippen molar-refractivity contribution in [2.24, 2.45) is 0 Å². The highest BCUT2D eigenvalue weighted by Gasteiger charge is 2.27. The van der Waals surface area contributed by atoms with Crippen molar-refractivity contribution in [2.75, 3.05) is 17.1 Å². The van der Waals surface area contributed by atoms with E-state index in [2.05, 4.69) is 25.6 Å². The molecular weight excluding hydrogens is 589 g/mol. The first-order valence-electron chi connectivity index (χ1n) is 12.3. The average Bonchev–Trinajstić information content (AvgIpc) is 3.38. The second-order valence-electron chi connectivity index (χ2n) is 8.72. The number of amides is 1. The molecule has 0 aliphatic rings. The maximum atomic E-state index is 15.9. The summed E-state index contributed by atoms with van der Waals surface area (Å²) in [5.41, 5.74) is 0.486. The summed E-state index contributed by atoms with van der Waals surface area (Å²) < 4.78 is 72.0. The summed E-state index contributed by atoms with van der Waals surface area (Å²) in [5, 5.41) is 5.93. The van der Waals surface area contributed by atoms with Gasteiger partial charge in [0.1, 0.15) is 16.6 Å². The fraction of sp³-hybridized carbons (Fsp3) is 0.0714. The molecule has 0 fully saturated rings. The molecule has 1 amide bonds. The van der Waals surface area contributed by atoms with Gasteiger partial charge in [0, 0.05) is 24.5 Å². The predicted molar refractivity (Wildman–Crippen MR) is 153 cm³/mol. The van der Waals surface area contributed by atoms with E-state index in [1.807, 2.05) is 35.1 Å². The van der Waals surface area contributed by atoms with E-state index in [-0.39, 0.29) is 29.5 Å². The van der Waals surface area contributed by atoms with Gasteiger partial charge in [-0.05, 0) is 42.5 Å². The molecule has 14 heteroatoms. The van der Waals surface area contributed by atoms with Crippen molar-refractivity contribution in [1.82, 2.24) is 20.3 Å². The molecule has 0 bridgehead atoms. The number of hydrogen-bond donors (Lipinski definition) is 3. The number of carbonyl (C=O) groups excluding carboxylic acids is 1. The molecular formula is C28H21F3N6O3S2. The van der Waals surface area contributed by atoms with Gasteiger partial charge in [0.15, 0.2) is 10.7 Å². The van der Waals surface area contributed by atoms with Crippen molar-refractivity contribution in [3.05, 3.63) is 101 Å². The van der Waals surface area contributed by atoms with Crippen molar-refractivity contribution in [1.29, 1.82) is 0 Å². The van der Waals surface area contributed by atoms with Gasteiger partial charge < -0.3 is 10.6 Å². The predicted octanol–water partition coefficient (Wildman–Crippen LogP) is 5.52. The van der Waals surface area contributed by atoms with Crippen LogP contribution in [0.2, 0.25) is 0 Å². The standard InChI is InChI=1S/C28H21F3N6O3S2/c1-32-22(38)15-23-36-25(26(41-23)21-13-14-33-28(35-21)34-16-7-3-2-4-8-16)17-9-5-12-20(24(17)31)37-42(39,40)27-18(29)10-6-11-19(27)30/h2-14,37H,15H2,1H3,(H,32,38)(H,33,34,35). The number of halogens is 3. The minimum atomic E-state index is -4.85. The largest absolute Gasteiger partial charge is 0.359 e. The zero-order valence-corrected chi connectivity index (χ0v) is 23.4. The number of carbonyl (C=O) groups is 1. The lowest BCUT2D eigenvalue weighted by Crippen LogP contribution is -2.19. The molecule has 3 aromatic carbocycles. The number of nitrogens with zero attached hydrogens (tertiary/aromatic N) is 3. The topological polar surface area (TPSA) is 126 Å². The average molecular weight is 611 g/mol. The van der Waals surface area contributed by atoms with Gasteiger partial charge in [0.25, 0.3) is 10.0 Å². The van der Waals surface area contributed by atoms with Crippen LogP contribution in [-0.4, -0.2) is 36.3 Å². The van der Waals surface area contributed by atoms with Gasteiger partial charge in [0.2, 0.25) is 11.9 Å². The van der Waals surface area contributed by atoms with Gasteiger partial charge in [-0.15, -0.1) is 11.3 Å². The number of sulfonamides is 1. The Kier molecular flexibility index (Phi) is 8.17. The zero-order valence-electron chi connectivity index (χ0n) is 21.7. The summed E-state index contributed by atoms with van der Waals surface area (Å²) in [5.74, 6) is -3.79. The van der Waals surface area contributed by atoms with Crippen LogP contribution in [0.3, 0.4) is 0 Å². The van der Waals surface area contributed by atoms with Crippen LogP contribution in [-0.2, 0) is 21.2 Å². The van der Waals surface area contributed by atoms with E-state index in [9.17, 15) is 22.0 Å².